The Morgan fingerprint density at radius 3 is 2.87 bits per heavy atom. The van der Waals surface area contributed by atoms with Gasteiger partial charge in [-0.1, -0.05) is 6.07 Å². The zero-order valence-electron chi connectivity index (χ0n) is 17.7. The van der Waals surface area contributed by atoms with Gasteiger partial charge in [-0.15, -0.1) is 0 Å². The van der Waals surface area contributed by atoms with Crippen molar-refractivity contribution in [3.63, 3.8) is 0 Å². The summed E-state index contributed by atoms with van der Waals surface area (Å²) in [4.78, 5) is 8.69. The van der Waals surface area contributed by atoms with Crippen LogP contribution in [0.3, 0.4) is 0 Å². The molecule has 4 rings (SSSR count). The maximum Gasteiger partial charge on any atom is 0.160 e. The minimum absolute atomic E-state index is 0.250. The third kappa shape index (κ3) is 4.12. The molecule has 0 aliphatic carbocycles. The number of benzene rings is 1. The standard InChI is InChI=1S/C22H28N4O4/c1-14-17-8-9-26(20(17)25-13-24-14)19-11-22(4,30-21(2,3)27)18(29-19)12-28-16-7-5-6-15(23)10-16/h5-10,13,18-19,27H,11-12,23H2,1-4H3. The van der Waals surface area contributed by atoms with Crippen LogP contribution in [0.5, 0.6) is 5.75 Å². The number of ether oxygens (including phenoxy) is 3. The lowest BCUT2D eigenvalue weighted by atomic mass is 9.96. The van der Waals surface area contributed by atoms with Gasteiger partial charge >= 0.3 is 0 Å². The number of aryl methyl sites for hydroxylation is 1. The Hall–Kier alpha value is -2.68. The van der Waals surface area contributed by atoms with E-state index in [4.69, 9.17) is 19.9 Å². The molecule has 0 saturated carbocycles. The SMILES string of the molecule is Cc1ncnc2c1ccn2C1CC(C)(OC(C)(C)O)C(COc2cccc(N)c2)O1. The van der Waals surface area contributed by atoms with Gasteiger partial charge in [-0.3, -0.25) is 0 Å². The molecule has 1 aliphatic rings. The van der Waals surface area contributed by atoms with Crippen LogP contribution < -0.4 is 10.5 Å². The van der Waals surface area contributed by atoms with Crippen LogP contribution in [0.2, 0.25) is 0 Å². The summed E-state index contributed by atoms with van der Waals surface area (Å²) in [5.41, 5.74) is 7.41. The zero-order chi connectivity index (χ0) is 21.5. The van der Waals surface area contributed by atoms with Gasteiger partial charge in [0.2, 0.25) is 0 Å². The molecule has 3 aromatic rings. The minimum Gasteiger partial charge on any atom is -0.491 e. The van der Waals surface area contributed by atoms with Crippen molar-refractivity contribution in [1.82, 2.24) is 14.5 Å². The van der Waals surface area contributed by atoms with E-state index in [2.05, 4.69) is 9.97 Å². The number of hydrogen-bond donors (Lipinski definition) is 2. The predicted molar refractivity (Wildman–Crippen MR) is 113 cm³/mol. The summed E-state index contributed by atoms with van der Waals surface area (Å²) in [6.07, 6.45) is 3.28. The summed E-state index contributed by atoms with van der Waals surface area (Å²) in [5.74, 6) is -0.664. The molecule has 0 spiro atoms. The highest BCUT2D eigenvalue weighted by molar-refractivity contribution is 5.78. The first kappa shape index (κ1) is 20.6. The van der Waals surface area contributed by atoms with E-state index in [9.17, 15) is 5.11 Å². The number of nitrogens with two attached hydrogens (primary N) is 1. The molecule has 0 radical (unpaired) electrons. The maximum absolute atomic E-state index is 10.3. The van der Waals surface area contributed by atoms with Gasteiger partial charge in [-0.25, -0.2) is 9.97 Å². The van der Waals surface area contributed by atoms with Crippen molar-refractivity contribution in [2.45, 2.75) is 57.8 Å². The average molecular weight is 412 g/mol. The summed E-state index contributed by atoms with van der Waals surface area (Å²) in [6, 6.07) is 9.23. The number of hydrogen-bond acceptors (Lipinski definition) is 7. The van der Waals surface area contributed by atoms with Gasteiger partial charge in [0, 0.05) is 29.8 Å². The van der Waals surface area contributed by atoms with Gasteiger partial charge in [0.15, 0.2) is 5.79 Å². The van der Waals surface area contributed by atoms with Crippen molar-refractivity contribution in [2.24, 2.45) is 0 Å². The highest BCUT2D eigenvalue weighted by Crippen LogP contribution is 2.42. The molecule has 1 aromatic carbocycles. The fourth-order valence-electron chi connectivity index (χ4n) is 4.02. The molecule has 3 unspecified atom stereocenters. The molecule has 3 heterocycles. The highest BCUT2D eigenvalue weighted by atomic mass is 16.7. The Labute approximate surface area is 175 Å². The molecule has 3 atom stereocenters. The van der Waals surface area contributed by atoms with E-state index in [1.165, 1.54) is 0 Å². The fourth-order valence-corrected chi connectivity index (χ4v) is 4.02. The molecule has 8 nitrogen and oxygen atoms in total. The Kier molecular flexibility index (Phi) is 5.17. The molecule has 0 bridgehead atoms. The van der Waals surface area contributed by atoms with E-state index in [1.807, 2.05) is 42.8 Å². The van der Waals surface area contributed by atoms with Gasteiger partial charge in [0.05, 0.1) is 5.69 Å². The Balaban J connectivity index is 1.60. The number of nitrogens with zero attached hydrogens (tertiary/aromatic N) is 3. The molecule has 8 heteroatoms. The second-order valence-corrected chi connectivity index (χ2v) is 8.45. The monoisotopic (exact) mass is 412 g/mol. The van der Waals surface area contributed by atoms with E-state index in [-0.39, 0.29) is 12.8 Å². The molecular formula is C22H28N4O4. The van der Waals surface area contributed by atoms with Crippen LogP contribution in [0.25, 0.3) is 11.0 Å². The number of aromatic nitrogens is 3. The molecule has 1 saturated heterocycles. The van der Waals surface area contributed by atoms with Crippen LogP contribution in [-0.4, -0.2) is 43.7 Å². The lowest BCUT2D eigenvalue weighted by molar-refractivity contribution is -0.253. The third-order valence-electron chi connectivity index (χ3n) is 5.34. The lowest BCUT2D eigenvalue weighted by Gasteiger charge is -2.35. The Morgan fingerprint density at radius 2 is 2.13 bits per heavy atom. The number of fused-ring (bicyclic) bond motifs is 1. The third-order valence-corrected chi connectivity index (χ3v) is 5.34. The lowest BCUT2D eigenvalue weighted by Crippen LogP contribution is -2.47. The molecule has 160 valence electrons. The second-order valence-electron chi connectivity index (χ2n) is 8.45. The van der Waals surface area contributed by atoms with E-state index < -0.39 is 17.5 Å². The van der Waals surface area contributed by atoms with Gasteiger partial charge in [0.1, 0.15) is 42.3 Å². The zero-order valence-corrected chi connectivity index (χ0v) is 17.7. The van der Waals surface area contributed by atoms with Crippen molar-refractivity contribution >= 4 is 16.7 Å². The predicted octanol–water partition coefficient (Wildman–Crippen LogP) is 3.19. The number of nitrogen functional groups attached to an aromatic ring is 1. The second kappa shape index (κ2) is 7.54. The first-order valence-corrected chi connectivity index (χ1v) is 9.99. The first-order chi connectivity index (χ1) is 14.1. The van der Waals surface area contributed by atoms with E-state index in [1.54, 1.807) is 32.3 Å². The molecule has 0 amide bonds. The van der Waals surface area contributed by atoms with E-state index in [0.717, 1.165) is 16.7 Å². The smallest absolute Gasteiger partial charge is 0.160 e. The number of anilines is 1. The van der Waals surface area contributed by atoms with E-state index in [0.29, 0.717) is 17.9 Å². The van der Waals surface area contributed by atoms with Crippen molar-refractivity contribution in [1.29, 1.82) is 0 Å². The normalized spacial score (nSPS) is 24.4. The van der Waals surface area contributed by atoms with Crippen LogP contribution in [0.4, 0.5) is 5.69 Å². The van der Waals surface area contributed by atoms with E-state index >= 15 is 0 Å². The Morgan fingerprint density at radius 1 is 1.33 bits per heavy atom. The van der Waals surface area contributed by atoms with Gasteiger partial charge in [0.25, 0.3) is 0 Å². The van der Waals surface area contributed by atoms with Crippen LogP contribution in [0.15, 0.2) is 42.9 Å². The quantitative estimate of drug-likeness (QED) is 0.473. The van der Waals surface area contributed by atoms with Gasteiger partial charge in [-0.2, -0.15) is 0 Å². The summed E-state index contributed by atoms with van der Waals surface area (Å²) in [5, 5.41) is 11.3. The van der Waals surface area contributed by atoms with Crippen LogP contribution in [0, 0.1) is 6.92 Å². The number of aliphatic hydroxyl groups is 1. The van der Waals surface area contributed by atoms with Crippen molar-refractivity contribution in [2.75, 3.05) is 12.3 Å². The molecule has 1 aliphatic heterocycles. The van der Waals surface area contributed by atoms with Gasteiger partial charge in [-0.05, 0) is 45.9 Å². The van der Waals surface area contributed by atoms with Crippen LogP contribution in [0.1, 0.15) is 39.1 Å². The first-order valence-electron chi connectivity index (χ1n) is 9.99. The molecule has 1 fully saturated rings. The van der Waals surface area contributed by atoms with Gasteiger partial charge < -0.3 is 29.6 Å². The van der Waals surface area contributed by atoms with Crippen LogP contribution >= 0.6 is 0 Å². The summed E-state index contributed by atoms with van der Waals surface area (Å²) in [7, 11) is 0. The van der Waals surface area contributed by atoms with Crippen molar-refractivity contribution in [3.05, 3.63) is 48.5 Å². The largest absolute Gasteiger partial charge is 0.491 e. The summed E-state index contributed by atoms with van der Waals surface area (Å²) in [6.45, 7) is 7.36. The highest BCUT2D eigenvalue weighted by Gasteiger charge is 2.50. The molecule has 2 aromatic heterocycles. The van der Waals surface area contributed by atoms with Crippen molar-refractivity contribution in [3.8, 4) is 5.75 Å². The minimum atomic E-state index is -1.32. The summed E-state index contributed by atoms with van der Waals surface area (Å²) < 4.78 is 20.4. The fraction of sp³-hybridized carbons (Fsp3) is 0.455. The molecule has 30 heavy (non-hydrogen) atoms. The van der Waals surface area contributed by atoms with Crippen LogP contribution in [-0.2, 0) is 9.47 Å². The average Bonchev–Trinajstić information content (AvgIpc) is 3.20. The molecular weight excluding hydrogens is 384 g/mol. The summed E-state index contributed by atoms with van der Waals surface area (Å²) >= 11 is 0. The maximum atomic E-state index is 10.3. The van der Waals surface area contributed by atoms with Crippen molar-refractivity contribution < 1.29 is 19.3 Å². The topological polar surface area (TPSA) is 105 Å². The number of rotatable bonds is 6. The Bertz CT molecular complexity index is 1050. The molecule has 3 N–H and O–H groups in total.